The number of hydrogen-bond donors (Lipinski definition) is 0. The smallest absolute Gasteiger partial charge is 0.259 e. The normalized spacial score (nSPS) is 16.4. The second-order valence-electron chi connectivity index (χ2n) is 9.33. The van der Waals surface area contributed by atoms with Crippen LogP contribution in [0.2, 0.25) is 0 Å². The lowest BCUT2D eigenvalue weighted by Crippen LogP contribution is -2.29. The van der Waals surface area contributed by atoms with Gasteiger partial charge in [-0.15, -0.1) is 0 Å². The predicted octanol–water partition coefficient (Wildman–Crippen LogP) is 4.85. The Hall–Kier alpha value is -2.83. The third-order valence-electron chi connectivity index (χ3n) is 5.95. The maximum Gasteiger partial charge on any atom is 0.259 e. The van der Waals surface area contributed by atoms with E-state index in [0.29, 0.717) is 46.7 Å². The van der Waals surface area contributed by atoms with E-state index < -0.39 is 11.6 Å². The van der Waals surface area contributed by atoms with E-state index in [9.17, 15) is 13.6 Å². The van der Waals surface area contributed by atoms with E-state index in [0.717, 1.165) is 30.3 Å². The van der Waals surface area contributed by atoms with E-state index in [1.54, 1.807) is 0 Å². The summed E-state index contributed by atoms with van der Waals surface area (Å²) in [6, 6.07) is 3.98. The number of carbonyl (C=O) groups excluding carboxylic acids is 1. The third kappa shape index (κ3) is 2.90. The number of carbonyl (C=O) groups is 1. The Morgan fingerprint density at radius 2 is 1.90 bits per heavy atom. The highest BCUT2D eigenvalue weighted by molar-refractivity contribution is 6.14. The van der Waals surface area contributed by atoms with Gasteiger partial charge in [0.05, 0.1) is 27.9 Å². The van der Waals surface area contributed by atoms with Crippen LogP contribution in [0.25, 0.3) is 11.0 Å². The molecule has 3 aromatic rings. The summed E-state index contributed by atoms with van der Waals surface area (Å²) in [6.45, 7) is 8.34. The van der Waals surface area contributed by atoms with Crippen molar-refractivity contribution in [2.45, 2.75) is 58.4 Å². The van der Waals surface area contributed by atoms with Crippen LogP contribution in [0.4, 0.5) is 14.5 Å². The molecule has 30 heavy (non-hydrogen) atoms. The van der Waals surface area contributed by atoms with Crippen molar-refractivity contribution in [3.63, 3.8) is 0 Å². The molecule has 1 saturated carbocycles. The van der Waals surface area contributed by atoms with Gasteiger partial charge in [0.1, 0.15) is 11.6 Å². The number of fused-ring (bicyclic) bond motifs is 2. The number of aromatic nitrogens is 3. The second-order valence-corrected chi connectivity index (χ2v) is 9.33. The van der Waals surface area contributed by atoms with Gasteiger partial charge in [0, 0.05) is 29.8 Å². The highest BCUT2D eigenvalue weighted by Crippen LogP contribution is 2.41. The summed E-state index contributed by atoms with van der Waals surface area (Å²) < 4.78 is 30.0. The Labute approximate surface area is 173 Å². The van der Waals surface area contributed by atoms with Crippen LogP contribution in [-0.4, -0.2) is 27.2 Å². The fraction of sp³-hybridized carbons (Fsp3) is 0.435. The Balaban J connectivity index is 1.70. The SMILES string of the molecule is Cc1nn(C(C)(C)C)c2nc(C3CC3)cc(C(=O)N3CCc4c(F)cc(F)cc43)c12. The van der Waals surface area contributed by atoms with Crippen LogP contribution in [0.5, 0.6) is 0 Å². The van der Waals surface area contributed by atoms with Gasteiger partial charge < -0.3 is 4.90 Å². The minimum Gasteiger partial charge on any atom is -0.308 e. The number of rotatable bonds is 2. The van der Waals surface area contributed by atoms with Gasteiger partial charge in [-0.05, 0) is 59.1 Å². The van der Waals surface area contributed by atoms with E-state index in [1.807, 2.05) is 38.4 Å². The molecule has 2 aromatic heterocycles. The summed E-state index contributed by atoms with van der Waals surface area (Å²) in [7, 11) is 0. The van der Waals surface area contributed by atoms with Crippen molar-refractivity contribution in [1.82, 2.24) is 14.8 Å². The molecule has 0 radical (unpaired) electrons. The molecule has 5 nitrogen and oxygen atoms in total. The average Bonchev–Trinajstić information content (AvgIpc) is 3.34. The maximum absolute atomic E-state index is 14.2. The summed E-state index contributed by atoms with van der Waals surface area (Å²) in [5.41, 5.74) is 3.22. The van der Waals surface area contributed by atoms with Crippen LogP contribution in [0.1, 0.15) is 66.8 Å². The molecule has 0 atom stereocenters. The average molecular weight is 410 g/mol. The highest BCUT2D eigenvalue weighted by atomic mass is 19.1. The summed E-state index contributed by atoms with van der Waals surface area (Å²) in [4.78, 5) is 20.0. The molecule has 156 valence electrons. The second kappa shape index (κ2) is 6.33. The Bertz CT molecular complexity index is 1200. The van der Waals surface area contributed by atoms with E-state index in [-0.39, 0.29) is 11.4 Å². The van der Waals surface area contributed by atoms with Gasteiger partial charge in [0.25, 0.3) is 5.91 Å². The highest BCUT2D eigenvalue weighted by Gasteiger charge is 2.34. The molecule has 1 amide bonds. The van der Waals surface area contributed by atoms with E-state index in [2.05, 4.69) is 5.10 Å². The monoisotopic (exact) mass is 410 g/mol. The first kappa shape index (κ1) is 19.2. The van der Waals surface area contributed by atoms with Crippen molar-refractivity contribution in [2.75, 3.05) is 11.4 Å². The van der Waals surface area contributed by atoms with Gasteiger partial charge in [-0.1, -0.05) is 0 Å². The molecule has 0 unspecified atom stereocenters. The van der Waals surface area contributed by atoms with Gasteiger partial charge in [-0.2, -0.15) is 5.10 Å². The quantitative estimate of drug-likeness (QED) is 0.607. The van der Waals surface area contributed by atoms with Crippen molar-refractivity contribution in [3.05, 3.63) is 52.3 Å². The molecule has 0 saturated heterocycles. The first-order chi connectivity index (χ1) is 14.1. The van der Waals surface area contributed by atoms with Crippen LogP contribution in [-0.2, 0) is 12.0 Å². The molecule has 0 bridgehead atoms. The van der Waals surface area contributed by atoms with E-state index in [4.69, 9.17) is 4.98 Å². The van der Waals surface area contributed by atoms with Crippen molar-refractivity contribution >= 4 is 22.6 Å². The number of pyridine rings is 1. The van der Waals surface area contributed by atoms with Crippen LogP contribution in [0, 0.1) is 18.6 Å². The molecule has 1 aliphatic carbocycles. The van der Waals surface area contributed by atoms with Crippen molar-refractivity contribution in [3.8, 4) is 0 Å². The van der Waals surface area contributed by atoms with Crippen LogP contribution in [0.15, 0.2) is 18.2 Å². The van der Waals surface area contributed by atoms with E-state index >= 15 is 0 Å². The number of benzene rings is 1. The van der Waals surface area contributed by atoms with E-state index in [1.165, 1.54) is 11.0 Å². The number of amides is 1. The Morgan fingerprint density at radius 3 is 2.57 bits per heavy atom. The lowest BCUT2D eigenvalue weighted by molar-refractivity contribution is 0.0990. The van der Waals surface area contributed by atoms with Gasteiger partial charge in [0.2, 0.25) is 0 Å². The lowest BCUT2D eigenvalue weighted by Gasteiger charge is -2.21. The molecule has 1 aliphatic heterocycles. The van der Waals surface area contributed by atoms with Gasteiger partial charge in [-0.3, -0.25) is 4.79 Å². The topological polar surface area (TPSA) is 51.0 Å². The first-order valence-corrected chi connectivity index (χ1v) is 10.4. The molecule has 3 heterocycles. The summed E-state index contributed by atoms with van der Waals surface area (Å²) in [6.07, 6.45) is 2.48. The molecule has 5 rings (SSSR count). The molecular weight excluding hydrogens is 386 g/mol. The van der Waals surface area contributed by atoms with Crippen molar-refractivity contribution in [1.29, 1.82) is 0 Å². The zero-order valence-corrected chi connectivity index (χ0v) is 17.6. The number of hydrogen-bond acceptors (Lipinski definition) is 3. The number of aryl methyl sites for hydroxylation is 1. The van der Waals surface area contributed by atoms with Crippen LogP contribution >= 0.6 is 0 Å². The minimum absolute atomic E-state index is 0.260. The zero-order chi connectivity index (χ0) is 21.4. The zero-order valence-electron chi connectivity index (χ0n) is 17.6. The molecule has 1 fully saturated rings. The fourth-order valence-electron chi connectivity index (χ4n) is 4.31. The molecule has 0 spiro atoms. The summed E-state index contributed by atoms with van der Waals surface area (Å²) in [5, 5.41) is 5.40. The van der Waals surface area contributed by atoms with Crippen LogP contribution < -0.4 is 4.90 Å². The lowest BCUT2D eigenvalue weighted by atomic mass is 10.1. The van der Waals surface area contributed by atoms with Gasteiger partial charge in [0.15, 0.2) is 5.65 Å². The molecule has 1 aromatic carbocycles. The Morgan fingerprint density at radius 1 is 1.17 bits per heavy atom. The Kier molecular flexibility index (Phi) is 4.04. The fourth-order valence-corrected chi connectivity index (χ4v) is 4.31. The van der Waals surface area contributed by atoms with Gasteiger partial charge in [-0.25, -0.2) is 18.4 Å². The van der Waals surface area contributed by atoms with Crippen LogP contribution in [0.3, 0.4) is 0 Å². The molecular formula is C23H24F2N4O. The number of anilines is 1. The number of nitrogens with zero attached hydrogens (tertiary/aromatic N) is 4. The molecule has 2 aliphatic rings. The molecule has 0 N–H and O–H groups in total. The van der Waals surface area contributed by atoms with Crippen molar-refractivity contribution in [2.24, 2.45) is 0 Å². The largest absolute Gasteiger partial charge is 0.308 e. The van der Waals surface area contributed by atoms with Crippen molar-refractivity contribution < 1.29 is 13.6 Å². The predicted molar refractivity (Wildman–Crippen MR) is 111 cm³/mol. The minimum atomic E-state index is -0.679. The first-order valence-electron chi connectivity index (χ1n) is 10.4. The molecule has 7 heteroatoms. The third-order valence-corrected chi connectivity index (χ3v) is 5.95. The summed E-state index contributed by atoms with van der Waals surface area (Å²) >= 11 is 0. The summed E-state index contributed by atoms with van der Waals surface area (Å²) in [5.74, 6) is -1.19. The number of halogens is 2. The van der Waals surface area contributed by atoms with Gasteiger partial charge >= 0.3 is 0 Å². The maximum atomic E-state index is 14.2. The standard InChI is InChI=1S/C23H24F2N4O/c1-12-20-16(22(30)28-8-7-15-17(25)9-14(24)10-19(15)28)11-18(13-5-6-13)26-21(20)29(27-12)23(2,3)4/h9-11,13H,5-8H2,1-4H3.